The fourth-order valence-electron chi connectivity index (χ4n) is 3.57. The molecule has 1 heterocycles. The molecule has 0 unspecified atom stereocenters. The van der Waals surface area contributed by atoms with Crippen molar-refractivity contribution in [3.8, 4) is 5.75 Å². The molecule has 0 aromatic heterocycles. The Balaban J connectivity index is 1.36. The summed E-state index contributed by atoms with van der Waals surface area (Å²) in [6, 6.07) is 18.9. The summed E-state index contributed by atoms with van der Waals surface area (Å²) in [7, 11) is -3.11. The molecular formula is C22H30N2O3S. The van der Waals surface area contributed by atoms with Crippen molar-refractivity contribution < 1.29 is 13.2 Å². The molecule has 1 N–H and O–H groups in total. The highest BCUT2D eigenvalue weighted by molar-refractivity contribution is 7.88. The van der Waals surface area contributed by atoms with E-state index in [-0.39, 0.29) is 6.04 Å². The van der Waals surface area contributed by atoms with Gasteiger partial charge >= 0.3 is 0 Å². The Morgan fingerprint density at radius 3 is 2.32 bits per heavy atom. The Morgan fingerprint density at radius 1 is 1.00 bits per heavy atom. The highest BCUT2D eigenvalue weighted by Crippen LogP contribution is 2.17. The SMILES string of the molecule is CS(=O)(=O)NC1CCN(Cc2ccc(OCCCc3ccccc3)cc2)CC1. The minimum absolute atomic E-state index is 0.0675. The first-order valence-electron chi connectivity index (χ1n) is 9.93. The number of sulfonamides is 1. The van der Waals surface area contributed by atoms with Crippen molar-refractivity contribution >= 4 is 10.0 Å². The number of ether oxygens (including phenoxy) is 1. The normalized spacial score (nSPS) is 16.2. The highest BCUT2D eigenvalue weighted by Gasteiger charge is 2.21. The van der Waals surface area contributed by atoms with Crippen molar-refractivity contribution in [1.29, 1.82) is 0 Å². The summed E-state index contributed by atoms with van der Waals surface area (Å²) in [5, 5.41) is 0. The fraction of sp³-hybridized carbons (Fsp3) is 0.455. The molecule has 1 aliphatic heterocycles. The average molecular weight is 403 g/mol. The van der Waals surface area contributed by atoms with Crippen LogP contribution in [-0.2, 0) is 23.0 Å². The van der Waals surface area contributed by atoms with Crippen LogP contribution >= 0.6 is 0 Å². The molecule has 0 saturated carbocycles. The van der Waals surface area contributed by atoms with Gasteiger partial charge in [-0.15, -0.1) is 0 Å². The summed E-state index contributed by atoms with van der Waals surface area (Å²) in [6.07, 6.45) is 4.97. The number of rotatable bonds is 9. The molecule has 0 radical (unpaired) electrons. The Morgan fingerprint density at radius 2 is 1.68 bits per heavy atom. The first-order chi connectivity index (χ1) is 13.5. The van der Waals surface area contributed by atoms with Crippen LogP contribution in [0.15, 0.2) is 54.6 Å². The van der Waals surface area contributed by atoms with Gasteiger partial charge < -0.3 is 4.74 Å². The summed E-state index contributed by atoms with van der Waals surface area (Å²) in [5.74, 6) is 0.910. The standard InChI is InChI=1S/C22H30N2O3S/c1-28(25,26)23-21-13-15-24(16-14-21)18-20-9-11-22(12-10-20)27-17-5-8-19-6-3-2-4-7-19/h2-4,6-7,9-12,21,23H,5,8,13-18H2,1H3. The zero-order valence-corrected chi connectivity index (χ0v) is 17.3. The number of hydrogen-bond acceptors (Lipinski definition) is 4. The number of aryl methyl sites for hydroxylation is 1. The van der Waals surface area contributed by atoms with Crippen molar-refractivity contribution in [2.24, 2.45) is 0 Å². The van der Waals surface area contributed by atoms with Crippen LogP contribution in [-0.4, -0.2) is 45.3 Å². The number of nitrogens with zero attached hydrogens (tertiary/aromatic N) is 1. The van der Waals surface area contributed by atoms with Gasteiger partial charge in [0, 0.05) is 25.7 Å². The second-order valence-corrected chi connectivity index (χ2v) is 9.30. The van der Waals surface area contributed by atoms with E-state index in [1.807, 2.05) is 18.2 Å². The molecule has 0 aliphatic carbocycles. The lowest BCUT2D eigenvalue weighted by atomic mass is 10.1. The lowest BCUT2D eigenvalue weighted by Gasteiger charge is -2.31. The number of benzene rings is 2. The second kappa shape index (κ2) is 10.0. The van der Waals surface area contributed by atoms with E-state index in [1.54, 1.807) is 0 Å². The lowest BCUT2D eigenvalue weighted by Crippen LogP contribution is -2.43. The topological polar surface area (TPSA) is 58.6 Å². The average Bonchev–Trinajstić information content (AvgIpc) is 2.68. The highest BCUT2D eigenvalue weighted by atomic mass is 32.2. The smallest absolute Gasteiger partial charge is 0.208 e. The van der Waals surface area contributed by atoms with E-state index in [2.05, 4.69) is 46.0 Å². The largest absolute Gasteiger partial charge is 0.494 e. The van der Waals surface area contributed by atoms with E-state index in [0.29, 0.717) is 0 Å². The quantitative estimate of drug-likeness (QED) is 0.655. The van der Waals surface area contributed by atoms with Crippen molar-refractivity contribution in [2.75, 3.05) is 26.0 Å². The summed E-state index contributed by atoms with van der Waals surface area (Å²) < 4.78 is 31.2. The van der Waals surface area contributed by atoms with Crippen LogP contribution in [0.5, 0.6) is 5.75 Å². The van der Waals surface area contributed by atoms with Gasteiger partial charge in [-0.05, 0) is 48.9 Å². The molecule has 0 bridgehead atoms. The Bertz CT molecular complexity index is 815. The molecule has 1 fully saturated rings. The number of piperidine rings is 1. The van der Waals surface area contributed by atoms with E-state index in [4.69, 9.17) is 4.74 Å². The molecule has 5 nitrogen and oxygen atoms in total. The third kappa shape index (κ3) is 7.26. The first kappa shape index (κ1) is 20.8. The Kier molecular flexibility index (Phi) is 7.48. The van der Waals surface area contributed by atoms with Gasteiger partial charge in [0.2, 0.25) is 10.0 Å². The maximum absolute atomic E-state index is 11.3. The molecule has 1 saturated heterocycles. The van der Waals surface area contributed by atoms with Gasteiger partial charge in [-0.1, -0.05) is 42.5 Å². The lowest BCUT2D eigenvalue weighted by molar-refractivity contribution is 0.200. The minimum atomic E-state index is -3.11. The first-order valence-corrected chi connectivity index (χ1v) is 11.8. The second-order valence-electron chi connectivity index (χ2n) is 7.52. The third-order valence-electron chi connectivity index (χ3n) is 5.02. The van der Waals surface area contributed by atoms with E-state index in [1.165, 1.54) is 17.4 Å². The minimum Gasteiger partial charge on any atom is -0.494 e. The van der Waals surface area contributed by atoms with Gasteiger partial charge in [0.05, 0.1) is 12.9 Å². The van der Waals surface area contributed by atoms with Gasteiger partial charge in [-0.3, -0.25) is 4.90 Å². The van der Waals surface area contributed by atoms with Gasteiger partial charge in [0.25, 0.3) is 0 Å². The number of hydrogen-bond donors (Lipinski definition) is 1. The summed E-state index contributed by atoms with van der Waals surface area (Å²) in [6.45, 7) is 3.42. The van der Waals surface area contributed by atoms with Crippen LogP contribution in [0.25, 0.3) is 0 Å². The molecule has 28 heavy (non-hydrogen) atoms. The molecule has 2 aromatic rings. The van der Waals surface area contributed by atoms with Gasteiger partial charge in [0.15, 0.2) is 0 Å². The summed E-state index contributed by atoms with van der Waals surface area (Å²) in [5.41, 5.74) is 2.60. The fourth-order valence-corrected chi connectivity index (χ4v) is 4.41. The van der Waals surface area contributed by atoms with Gasteiger partial charge in [-0.2, -0.15) is 0 Å². The van der Waals surface area contributed by atoms with E-state index in [0.717, 1.165) is 57.7 Å². The van der Waals surface area contributed by atoms with Crippen LogP contribution in [0.1, 0.15) is 30.4 Å². The molecule has 6 heteroatoms. The Hall–Kier alpha value is -1.89. The van der Waals surface area contributed by atoms with Crippen molar-refractivity contribution in [1.82, 2.24) is 9.62 Å². The number of likely N-dealkylation sites (tertiary alicyclic amines) is 1. The van der Waals surface area contributed by atoms with Crippen LogP contribution in [0.2, 0.25) is 0 Å². The van der Waals surface area contributed by atoms with Crippen LogP contribution in [0, 0.1) is 0 Å². The summed E-state index contributed by atoms with van der Waals surface area (Å²) in [4.78, 5) is 2.37. The van der Waals surface area contributed by atoms with Crippen LogP contribution in [0.3, 0.4) is 0 Å². The monoisotopic (exact) mass is 402 g/mol. The molecule has 0 spiro atoms. The molecular weight excluding hydrogens is 372 g/mol. The van der Waals surface area contributed by atoms with Gasteiger partial charge in [0.1, 0.15) is 5.75 Å². The third-order valence-corrected chi connectivity index (χ3v) is 5.78. The maximum Gasteiger partial charge on any atom is 0.208 e. The van der Waals surface area contributed by atoms with Crippen LogP contribution < -0.4 is 9.46 Å². The van der Waals surface area contributed by atoms with E-state index < -0.39 is 10.0 Å². The zero-order valence-electron chi connectivity index (χ0n) is 16.5. The molecule has 3 rings (SSSR count). The van der Waals surface area contributed by atoms with Crippen molar-refractivity contribution in [3.05, 3.63) is 65.7 Å². The molecule has 2 aromatic carbocycles. The predicted molar refractivity (Wildman–Crippen MR) is 113 cm³/mol. The van der Waals surface area contributed by atoms with Gasteiger partial charge in [-0.25, -0.2) is 13.1 Å². The molecule has 152 valence electrons. The van der Waals surface area contributed by atoms with Crippen molar-refractivity contribution in [2.45, 2.75) is 38.3 Å². The predicted octanol–water partition coefficient (Wildman–Crippen LogP) is 3.21. The Labute approximate surface area is 168 Å². The van der Waals surface area contributed by atoms with Crippen LogP contribution in [0.4, 0.5) is 0 Å². The van der Waals surface area contributed by atoms with E-state index >= 15 is 0 Å². The molecule has 1 aliphatic rings. The molecule has 0 atom stereocenters. The van der Waals surface area contributed by atoms with E-state index in [9.17, 15) is 8.42 Å². The van der Waals surface area contributed by atoms with Crippen molar-refractivity contribution in [3.63, 3.8) is 0 Å². The maximum atomic E-state index is 11.3. The number of nitrogens with one attached hydrogen (secondary N) is 1. The zero-order chi connectivity index (χ0) is 19.8. The molecule has 0 amide bonds. The summed E-state index contributed by atoms with van der Waals surface area (Å²) >= 11 is 0.